The molecular formula is C3H7BrMg. The Labute approximate surface area is 70.1 Å². The van der Waals surface area contributed by atoms with Gasteiger partial charge in [-0.05, 0) is 8.22 Å². The summed E-state index contributed by atoms with van der Waals surface area (Å²) in [6.07, 6.45) is -1.18. The SMILES string of the molecule is [2H][C-](C([2H])([2H])[2H])C([2H])([2H])[2H].[Br-].[Mg+2]. The molecule has 0 saturated heterocycles. The van der Waals surface area contributed by atoms with Crippen molar-refractivity contribution in [2.45, 2.75) is 13.7 Å². The predicted octanol–water partition coefficient (Wildman–Crippen LogP) is -2.15. The summed E-state index contributed by atoms with van der Waals surface area (Å²) >= 11 is 0. The fourth-order valence-corrected chi connectivity index (χ4v) is 0. The Hall–Kier alpha value is 1.25. The zero-order chi connectivity index (χ0) is 8.58. The minimum absolute atomic E-state index is 0. The molecule has 0 fully saturated rings. The second-order valence-corrected chi connectivity index (χ2v) is 0.125. The summed E-state index contributed by atoms with van der Waals surface area (Å²) in [5.41, 5.74) is 0. The molecule has 0 saturated carbocycles. The van der Waals surface area contributed by atoms with E-state index < -0.39 is 20.1 Å². The Bertz CT molecular complexity index is 103. The van der Waals surface area contributed by atoms with Crippen LogP contribution in [0, 0.1) is 6.40 Å². The van der Waals surface area contributed by atoms with Gasteiger partial charge in [-0.25, -0.2) is 1.37 Å². The maximum Gasteiger partial charge on any atom is 2.00 e. The summed E-state index contributed by atoms with van der Waals surface area (Å²) in [7, 11) is 0. The van der Waals surface area contributed by atoms with Crippen molar-refractivity contribution in [1.82, 2.24) is 0 Å². The van der Waals surface area contributed by atoms with Gasteiger partial charge in [0.2, 0.25) is 0 Å². The minimum atomic E-state index is -2.79. The van der Waals surface area contributed by atoms with Gasteiger partial charge in [-0.3, -0.25) is 0 Å². The van der Waals surface area contributed by atoms with Crippen LogP contribution in [0.15, 0.2) is 0 Å². The number of hydrogen-bond donors (Lipinski definition) is 0. The molecule has 0 aliphatic heterocycles. The molecule has 0 aromatic rings. The topological polar surface area (TPSA) is 0 Å². The van der Waals surface area contributed by atoms with Crippen molar-refractivity contribution in [3.8, 4) is 0 Å². The average Bonchev–Trinajstić information content (AvgIpc) is 1.59. The molecule has 0 aliphatic rings. The maximum atomic E-state index is 6.67. The number of hydrogen-bond acceptors (Lipinski definition) is 0. The third-order valence-corrected chi connectivity index (χ3v) is 0. The summed E-state index contributed by atoms with van der Waals surface area (Å²) in [5, 5.41) is 0. The standard InChI is InChI=1S/C3H7.BrH.Mg/c1-3-2;;/h3H,1-2H3;1H;/q-1;;+2/p-1/i1D3,2D3,3D;;. The van der Waals surface area contributed by atoms with E-state index in [2.05, 4.69) is 0 Å². The van der Waals surface area contributed by atoms with Crippen LogP contribution in [0.2, 0.25) is 0 Å². The Morgan fingerprint density at radius 1 is 1.80 bits per heavy atom. The quantitative estimate of drug-likeness (QED) is 0.276. The second-order valence-electron chi connectivity index (χ2n) is 0.125. The molecule has 2 heteroatoms. The largest absolute Gasteiger partial charge is 2.00 e. The van der Waals surface area contributed by atoms with E-state index in [-0.39, 0.29) is 40.0 Å². The van der Waals surface area contributed by atoms with Gasteiger partial charge in [-0.15, -0.1) is 0 Å². The molecular weight excluding hydrogens is 140 g/mol. The fraction of sp³-hybridized carbons (Fsp3) is 0.667. The number of halogens is 1. The zero-order valence-electron chi connectivity index (χ0n) is 9.59. The molecule has 0 bridgehead atoms. The van der Waals surface area contributed by atoms with Gasteiger partial charge in [0.05, 0.1) is 0 Å². The molecule has 0 aromatic carbocycles. The van der Waals surface area contributed by atoms with E-state index in [4.69, 9.17) is 9.60 Å². The summed E-state index contributed by atoms with van der Waals surface area (Å²) in [4.78, 5) is 0. The third-order valence-electron chi connectivity index (χ3n) is 0. The van der Waals surface area contributed by atoms with E-state index in [0.717, 1.165) is 0 Å². The van der Waals surface area contributed by atoms with E-state index >= 15 is 0 Å². The third kappa shape index (κ3) is 35.6. The van der Waals surface area contributed by atoms with E-state index in [1.807, 2.05) is 0 Å². The molecule has 0 unspecified atom stereocenters. The Kier molecular flexibility index (Phi) is 6.14. The van der Waals surface area contributed by atoms with Crippen molar-refractivity contribution in [3.05, 3.63) is 6.40 Å². The molecule has 0 aliphatic carbocycles. The molecule has 0 spiro atoms. The maximum absolute atomic E-state index is 6.67. The summed E-state index contributed by atoms with van der Waals surface area (Å²) < 4.78 is 45.9. The fourth-order valence-electron chi connectivity index (χ4n) is 0. The summed E-state index contributed by atoms with van der Waals surface area (Å²) in [6.45, 7) is -5.57. The molecule has 5 heavy (non-hydrogen) atoms. The van der Waals surface area contributed by atoms with Crippen molar-refractivity contribution in [2.24, 2.45) is 0 Å². The van der Waals surface area contributed by atoms with Gasteiger partial charge < -0.3 is 23.4 Å². The van der Waals surface area contributed by atoms with Crippen molar-refractivity contribution in [3.63, 3.8) is 0 Å². The molecule has 0 rings (SSSR count). The molecule has 0 N–H and O–H groups in total. The van der Waals surface area contributed by atoms with Crippen molar-refractivity contribution < 1.29 is 26.6 Å². The Morgan fingerprint density at radius 3 is 2.20 bits per heavy atom. The van der Waals surface area contributed by atoms with Gasteiger partial charge in [0, 0.05) is 0 Å². The van der Waals surface area contributed by atoms with Crippen LogP contribution < -0.4 is 17.0 Å². The molecule has 0 aromatic heterocycles. The number of rotatable bonds is 0. The summed E-state index contributed by atoms with van der Waals surface area (Å²) in [5.74, 6) is 0. The first kappa shape index (κ1) is 1.64. The van der Waals surface area contributed by atoms with Crippen LogP contribution in [0.1, 0.15) is 23.3 Å². The van der Waals surface area contributed by atoms with Gasteiger partial charge in [-0.2, -0.15) is 13.7 Å². The van der Waals surface area contributed by atoms with Crippen molar-refractivity contribution in [1.29, 1.82) is 0 Å². The van der Waals surface area contributed by atoms with Crippen LogP contribution in [0.25, 0.3) is 0 Å². The van der Waals surface area contributed by atoms with Gasteiger partial charge in [0.1, 0.15) is 0 Å². The minimum Gasteiger partial charge on any atom is -1.00 e. The van der Waals surface area contributed by atoms with E-state index in [1.54, 1.807) is 0 Å². The normalized spacial score (nSPS) is 30.2. The molecule has 0 amide bonds. The first-order valence-electron chi connectivity index (χ1n) is 4.00. The van der Waals surface area contributed by atoms with E-state index in [0.29, 0.717) is 0 Å². The molecule has 0 heterocycles. The summed E-state index contributed by atoms with van der Waals surface area (Å²) in [6, 6.07) is 0. The first-order chi connectivity index (χ1) is 4.15. The van der Waals surface area contributed by atoms with Crippen molar-refractivity contribution >= 4 is 23.1 Å². The van der Waals surface area contributed by atoms with Crippen LogP contribution in [0.3, 0.4) is 0 Å². The second kappa shape index (κ2) is 18.7. The van der Waals surface area contributed by atoms with Crippen LogP contribution >= 0.6 is 0 Å². The molecule has 0 radical (unpaired) electrons. The van der Waals surface area contributed by atoms with Crippen LogP contribution in [0.5, 0.6) is 0 Å². The first-order valence-corrected chi connectivity index (χ1v) is 0.500. The molecule has 28 valence electrons. The molecule has 0 atom stereocenters. The van der Waals surface area contributed by atoms with Gasteiger partial charge in [0.25, 0.3) is 0 Å². The van der Waals surface area contributed by atoms with Crippen LogP contribution in [0.4, 0.5) is 0 Å². The predicted molar refractivity (Wildman–Crippen MR) is 21.4 cm³/mol. The van der Waals surface area contributed by atoms with Crippen LogP contribution in [-0.4, -0.2) is 23.1 Å². The van der Waals surface area contributed by atoms with Crippen LogP contribution in [-0.2, 0) is 0 Å². The van der Waals surface area contributed by atoms with E-state index in [1.165, 1.54) is 0 Å². The van der Waals surface area contributed by atoms with Crippen molar-refractivity contribution in [2.75, 3.05) is 0 Å². The molecule has 0 nitrogen and oxygen atoms in total. The van der Waals surface area contributed by atoms with Gasteiger partial charge in [0.15, 0.2) is 0 Å². The Balaban J connectivity index is -0.000000405. The average molecular weight is 154 g/mol. The monoisotopic (exact) mass is 153 g/mol. The van der Waals surface area contributed by atoms with Gasteiger partial charge in [-0.1, -0.05) is 0 Å². The smallest absolute Gasteiger partial charge is 1.00 e. The van der Waals surface area contributed by atoms with E-state index in [9.17, 15) is 0 Å². The zero-order valence-corrected chi connectivity index (χ0v) is 5.59. The Morgan fingerprint density at radius 2 is 2.20 bits per heavy atom. The van der Waals surface area contributed by atoms with Gasteiger partial charge >= 0.3 is 23.1 Å².